The summed E-state index contributed by atoms with van der Waals surface area (Å²) in [5.74, 6) is 0.891. The molecule has 6 nitrogen and oxygen atoms in total. The van der Waals surface area contributed by atoms with Crippen molar-refractivity contribution >= 4 is 17.5 Å². The van der Waals surface area contributed by atoms with E-state index in [0.717, 1.165) is 129 Å². The maximum Gasteiger partial charge on any atom is 0.311 e. The first kappa shape index (κ1) is 49.5. The molecule has 1 aliphatic rings. The lowest BCUT2D eigenvalue weighted by atomic mass is 9.83. The molecule has 0 saturated carbocycles. The molecule has 3 atom stereocenters. The van der Waals surface area contributed by atoms with E-state index in [9.17, 15) is 14.4 Å². The molecule has 0 aromatic rings. The number of rotatable bonds is 35. The fourth-order valence-electron chi connectivity index (χ4n) is 7.51. The first-order chi connectivity index (χ1) is 25.4. The molecule has 1 saturated heterocycles. The van der Waals surface area contributed by atoms with Crippen LogP contribution in [0, 0.1) is 16.7 Å². The summed E-state index contributed by atoms with van der Waals surface area (Å²) >= 11 is 0. The molecule has 0 radical (unpaired) electrons. The van der Waals surface area contributed by atoms with Crippen LogP contribution in [0.15, 0.2) is 12.2 Å². The van der Waals surface area contributed by atoms with Gasteiger partial charge in [0.2, 0.25) is 0 Å². The van der Waals surface area contributed by atoms with E-state index in [0.29, 0.717) is 18.4 Å². The van der Waals surface area contributed by atoms with E-state index in [-0.39, 0.29) is 29.1 Å². The summed E-state index contributed by atoms with van der Waals surface area (Å²) in [6, 6.07) is 0.365. The fraction of sp³-hybridized carbons (Fsp3) is 0.894. The Morgan fingerprint density at radius 1 is 0.698 bits per heavy atom. The third-order valence-electron chi connectivity index (χ3n) is 11.8. The first-order valence-corrected chi connectivity index (χ1v) is 22.6. The Hall–Kier alpha value is -1.53. The molecule has 0 aromatic heterocycles. The summed E-state index contributed by atoms with van der Waals surface area (Å²) in [6.07, 6.45) is 31.6. The number of hydrogen-bond acceptors (Lipinski definition) is 6. The average Bonchev–Trinajstić information content (AvgIpc) is 3.51. The Morgan fingerprint density at radius 2 is 1.25 bits per heavy atom. The first-order valence-electron chi connectivity index (χ1n) is 22.6. The summed E-state index contributed by atoms with van der Waals surface area (Å²) in [5.41, 5.74) is -0.697. The maximum atomic E-state index is 13.3. The van der Waals surface area contributed by atoms with Gasteiger partial charge in [0.15, 0.2) is 5.78 Å². The third-order valence-corrected chi connectivity index (χ3v) is 11.8. The van der Waals surface area contributed by atoms with Crippen LogP contribution in [-0.4, -0.2) is 60.9 Å². The largest absolute Gasteiger partial charge is 0.462 e. The van der Waals surface area contributed by atoms with Crippen molar-refractivity contribution < 1.29 is 23.9 Å². The van der Waals surface area contributed by atoms with Gasteiger partial charge in [-0.05, 0) is 104 Å². The molecule has 0 spiro atoms. The lowest BCUT2D eigenvalue weighted by Gasteiger charge is -2.27. The second-order valence-corrected chi connectivity index (χ2v) is 17.9. The Bertz CT molecular complexity index is 987. The lowest BCUT2D eigenvalue weighted by Crippen LogP contribution is -2.34. The quantitative estimate of drug-likeness (QED) is 0.0365. The van der Waals surface area contributed by atoms with Crippen LogP contribution < -0.4 is 0 Å². The van der Waals surface area contributed by atoms with Crippen LogP contribution in [0.3, 0.4) is 0 Å². The normalized spacial score (nSPS) is 17.5. The third kappa shape index (κ3) is 23.9. The summed E-state index contributed by atoms with van der Waals surface area (Å²) < 4.78 is 12.5. The number of unbranched alkanes of at least 4 members (excludes halogenated alkanes) is 14. The van der Waals surface area contributed by atoms with Crippen molar-refractivity contribution in [1.82, 2.24) is 4.90 Å². The molecule has 1 unspecified atom stereocenters. The van der Waals surface area contributed by atoms with Crippen LogP contribution in [0.2, 0.25) is 0 Å². The number of allylic oxidation sites excluding steroid dienone is 1. The molecule has 1 fully saturated rings. The van der Waals surface area contributed by atoms with Crippen LogP contribution >= 0.6 is 0 Å². The van der Waals surface area contributed by atoms with Gasteiger partial charge >= 0.3 is 5.97 Å². The monoisotopic (exact) mass is 746 g/mol. The SMILES string of the molecule is CCCCCCCCC(CCCCCC)OC(=O)C(C)(C)CCCCCCOC[C@@H]1C[C@H](C=CC(=O)CCCCC)CN1CCCCC(C)(C)C(C)=O. The Kier molecular flexibility index (Phi) is 27.7. The smallest absolute Gasteiger partial charge is 0.311 e. The minimum atomic E-state index is -0.446. The number of Topliss-reactive ketones (excluding diaryl/α,β-unsaturated/α-hetero) is 1. The second kappa shape index (κ2) is 29.7. The van der Waals surface area contributed by atoms with Gasteiger partial charge in [0, 0.05) is 31.0 Å². The van der Waals surface area contributed by atoms with E-state index < -0.39 is 5.41 Å². The number of esters is 1. The number of ether oxygens (including phenoxy) is 2. The van der Waals surface area contributed by atoms with Crippen LogP contribution in [-0.2, 0) is 23.9 Å². The minimum absolute atomic E-state index is 0.00926. The maximum absolute atomic E-state index is 13.3. The van der Waals surface area contributed by atoms with Crippen LogP contribution in [0.25, 0.3) is 0 Å². The van der Waals surface area contributed by atoms with Crippen molar-refractivity contribution in [2.75, 3.05) is 26.3 Å². The lowest BCUT2D eigenvalue weighted by molar-refractivity contribution is -0.161. The van der Waals surface area contributed by atoms with Crippen molar-refractivity contribution in [2.24, 2.45) is 16.7 Å². The Morgan fingerprint density at radius 3 is 1.91 bits per heavy atom. The zero-order valence-corrected chi connectivity index (χ0v) is 36.4. The molecule has 0 aliphatic carbocycles. The van der Waals surface area contributed by atoms with Crippen molar-refractivity contribution in [1.29, 1.82) is 0 Å². The number of carbonyl (C=O) groups is 3. The summed E-state index contributed by atoms with van der Waals surface area (Å²) in [7, 11) is 0. The van der Waals surface area contributed by atoms with Gasteiger partial charge in [-0.3, -0.25) is 19.3 Å². The molecule has 53 heavy (non-hydrogen) atoms. The van der Waals surface area contributed by atoms with E-state index in [2.05, 4.69) is 59.4 Å². The van der Waals surface area contributed by atoms with Crippen LogP contribution in [0.1, 0.15) is 216 Å². The van der Waals surface area contributed by atoms with Gasteiger partial charge in [-0.25, -0.2) is 0 Å². The number of carbonyl (C=O) groups excluding carboxylic acids is 3. The van der Waals surface area contributed by atoms with Gasteiger partial charge in [0.05, 0.1) is 12.0 Å². The molecule has 1 rings (SSSR count). The molecule has 1 aliphatic heterocycles. The number of hydrogen-bond donors (Lipinski definition) is 0. The van der Waals surface area contributed by atoms with Gasteiger partial charge in [-0.15, -0.1) is 0 Å². The molecular formula is C47H87NO5. The fourth-order valence-corrected chi connectivity index (χ4v) is 7.51. The van der Waals surface area contributed by atoms with E-state index in [1.54, 1.807) is 6.92 Å². The molecule has 0 N–H and O–H groups in total. The molecule has 1 heterocycles. The number of ketones is 2. The van der Waals surface area contributed by atoms with Crippen molar-refractivity contribution in [3.05, 3.63) is 12.2 Å². The van der Waals surface area contributed by atoms with Gasteiger partial charge in [-0.2, -0.15) is 0 Å². The summed E-state index contributed by atoms with van der Waals surface area (Å²) in [5, 5.41) is 0. The molecule has 0 bridgehead atoms. The standard InChI is InChI=1S/C47H87NO5/c1-9-12-15-17-18-23-30-44(29-22-16-13-10-2)53-45(51)47(7,8)34-24-19-20-27-36-52-39-42-37-41(31-32-43(50)28-21-14-11-3)38-48(42)35-26-25-33-46(5,6)40(4)49/h31-32,41-42,44H,9-30,33-39H2,1-8H3/t41-,42-,44?/m0/s1. The zero-order valence-electron chi connectivity index (χ0n) is 36.4. The highest BCUT2D eigenvalue weighted by molar-refractivity contribution is 5.89. The van der Waals surface area contributed by atoms with E-state index in [4.69, 9.17) is 9.47 Å². The molecule has 0 amide bonds. The highest BCUT2D eigenvalue weighted by atomic mass is 16.5. The van der Waals surface area contributed by atoms with Crippen molar-refractivity contribution in [2.45, 2.75) is 228 Å². The topological polar surface area (TPSA) is 72.9 Å². The minimum Gasteiger partial charge on any atom is -0.462 e. The average molecular weight is 746 g/mol. The molecule has 310 valence electrons. The van der Waals surface area contributed by atoms with Gasteiger partial charge in [0.25, 0.3) is 0 Å². The molecule has 6 heteroatoms. The van der Waals surface area contributed by atoms with Crippen LogP contribution in [0.5, 0.6) is 0 Å². The van der Waals surface area contributed by atoms with Crippen molar-refractivity contribution in [3.8, 4) is 0 Å². The Labute approximate surface area is 328 Å². The molecular weight excluding hydrogens is 659 g/mol. The van der Waals surface area contributed by atoms with Gasteiger partial charge < -0.3 is 9.47 Å². The Balaban J connectivity index is 2.48. The van der Waals surface area contributed by atoms with E-state index >= 15 is 0 Å². The number of likely N-dealkylation sites (tertiary alicyclic amines) is 1. The highest BCUT2D eigenvalue weighted by Crippen LogP contribution is 2.30. The van der Waals surface area contributed by atoms with Crippen molar-refractivity contribution in [3.63, 3.8) is 0 Å². The van der Waals surface area contributed by atoms with E-state index in [1.807, 2.05) is 6.08 Å². The molecule has 0 aromatic carbocycles. The van der Waals surface area contributed by atoms with Gasteiger partial charge in [0.1, 0.15) is 11.9 Å². The van der Waals surface area contributed by atoms with Crippen LogP contribution in [0.4, 0.5) is 0 Å². The second-order valence-electron chi connectivity index (χ2n) is 17.9. The van der Waals surface area contributed by atoms with Gasteiger partial charge in [-0.1, -0.05) is 131 Å². The number of nitrogens with zero attached hydrogens (tertiary/aromatic N) is 1. The zero-order chi connectivity index (χ0) is 39.4. The predicted molar refractivity (Wildman–Crippen MR) is 224 cm³/mol. The predicted octanol–water partition coefficient (Wildman–Crippen LogP) is 12.8. The summed E-state index contributed by atoms with van der Waals surface area (Å²) in [6.45, 7) is 20.1. The van der Waals surface area contributed by atoms with E-state index in [1.165, 1.54) is 51.4 Å². The summed E-state index contributed by atoms with van der Waals surface area (Å²) in [4.78, 5) is 40.2. The highest BCUT2D eigenvalue weighted by Gasteiger charge is 2.32.